The van der Waals surface area contributed by atoms with E-state index in [-0.39, 0.29) is 35.8 Å². The van der Waals surface area contributed by atoms with E-state index in [0.29, 0.717) is 0 Å². The summed E-state index contributed by atoms with van der Waals surface area (Å²) < 4.78 is 50.8. The predicted octanol–water partition coefficient (Wildman–Crippen LogP) is 5.13. The van der Waals surface area contributed by atoms with Crippen molar-refractivity contribution in [2.75, 3.05) is 19.0 Å². The van der Waals surface area contributed by atoms with Crippen LogP contribution in [0.5, 0.6) is 0 Å². The van der Waals surface area contributed by atoms with Crippen LogP contribution in [0.1, 0.15) is 28.2 Å². The van der Waals surface area contributed by atoms with Gasteiger partial charge in [0, 0.05) is 11.6 Å². The Hall–Kier alpha value is -3.75. The van der Waals surface area contributed by atoms with Gasteiger partial charge in [-0.3, -0.25) is 10.1 Å². The van der Waals surface area contributed by atoms with Crippen molar-refractivity contribution in [3.8, 4) is 11.1 Å². The van der Waals surface area contributed by atoms with E-state index in [1.165, 1.54) is 13.0 Å². The largest absolute Gasteiger partial charge is 0.509 e. The molecule has 0 aromatic heterocycles. The first-order valence-corrected chi connectivity index (χ1v) is 10.7. The molecular formula is C25H22BF3NO4-. The Bertz CT molecular complexity index is 1210. The van der Waals surface area contributed by atoms with Gasteiger partial charge in [-0.2, -0.15) is 0 Å². The van der Waals surface area contributed by atoms with Crippen molar-refractivity contribution in [1.82, 2.24) is 0 Å². The number of hydrogen-bond acceptors (Lipinski definition) is 4. The Kier molecular flexibility index (Phi) is 6.37. The van der Waals surface area contributed by atoms with Gasteiger partial charge in [-0.15, -0.1) is 5.46 Å². The fourth-order valence-corrected chi connectivity index (χ4v) is 4.37. The topological polar surface area (TPSA) is 64.6 Å². The SMILES string of the molecule is COC(=O)Cc1cc(NC(=O)OCC2c3ccccc3-c3ccccc32)cc([B-](F)(F)F)c1C. The zero-order valence-electron chi connectivity index (χ0n) is 18.6. The van der Waals surface area contributed by atoms with Gasteiger partial charge in [0.25, 0.3) is 0 Å². The van der Waals surface area contributed by atoms with Crippen LogP contribution in [0.15, 0.2) is 60.7 Å². The van der Waals surface area contributed by atoms with Gasteiger partial charge in [0.05, 0.1) is 13.5 Å². The third-order valence-corrected chi connectivity index (χ3v) is 6.06. The van der Waals surface area contributed by atoms with E-state index >= 15 is 0 Å². The molecule has 9 heteroatoms. The number of halogens is 3. The number of ether oxygens (including phenoxy) is 2. The lowest BCUT2D eigenvalue weighted by atomic mass is 9.75. The van der Waals surface area contributed by atoms with E-state index in [0.717, 1.165) is 35.4 Å². The van der Waals surface area contributed by atoms with Crippen molar-refractivity contribution in [1.29, 1.82) is 0 Å². The molecule has 3 aromatic rings. The normalized spacial score (nSPS) is 12.6. The summed E-state index contributed by atoms with van der Waals surface area (Å²) in [6.45, 7) is -4.04. The first-order chi connectivity index (χ1) is 16.2. The summed E-state index contributed by atoms with van der Waals surface area (Å²) in [4.78, 5) is 24.2. The molecule has 4 rings (SSSR count). The maximum absolute atomic E-state index is 13.6. The fourth-order valence-electron chi connectivity index (χ4n) is 4.37. The average Bonchev–Trinajstić information content (AvgIpc) is 3.12. The van der Waals surface area contributed by atoms with E-state index in [1.807, 2.05) is 48.5 Å². The highest BCUT2D eigenvalue weighted by molar-refractivity contribution is 6.74. The van der Waals surface area contributed by atoms with Gasteiger partial charge < -0.3 is 22.4 Å². The molecule has 0 bridgehead atoms. The first-order valence-electron chi connectivity index (χ1n) is 10.7. The summed E-state index contributed by atoms with van der Waals surface area (Å²) in [5.41, 5.74) is 3.24. The van der Waals surface area contributed by atoms with Crippen LogP contribution in [0.25, 0.3) is 11.1 Å². The number of carbonyl (C=O) groups is 2. The Morgan fingerprint density at radius 2 is 1.56 bits per heavy atom. The number of fused-ring (bicyclic) bond motifs is 3. The van der Waals surface area contributed by atoms with Crippen molar-refractivity contribution < 1.29 is 32.0 Å². The minimum atomic E-state index is -5.36. The monoisotopic (exact) mass is 468 g/mol. The van der Waals surface area contributed by atoms with E-state index < -0.39 is 24.5 Å². The fraction of sp³-hybridized carbons (Fsp3) is 0.200. The zero-order chi connectivity index (χ0) is 24.5. The van der Waals surface area contributed by atoms with Crippen LogP contribution in [0.2, 0.25) is 0 Å². The molecule has 1 amide bonds. The van der Waals surface area contributed by atoms with Crippen LogP contribution in [0.4, 0.5) is 23.4 Å². The zero-order valence-corrected chi connectivity index (χ0v) is 18.6. The van der Waals surface area contributed by atoms with E-state index in [2.05, 4.69) is 10.1 Å². The maximum atomic E-state index is 13.6. The molecule has 0 fully saturated rings. The number of carbonyl (C=O) groups excluding carboxylic acids is 2. The van der Waals surface area contributed by atoms with Gasteiger partial charge in [0.2, 0.25) is 0 Å². The molecule has 0 saturated carbocycles. The summed E-state index contributed by atoms with van der Waals surface area (Å²) in [6, 6.07) is 17.8. The highest BCUT2D eigenvalue weighted by atomic mass is 19.4. The van der Waals surface area contributed by atoms with Crippen LogP contribution in [-0.2, 0) is 20.7 Å². The summed E-state index contributed by atoms with van der Waals surface area (Å²) in [5, 5.41) is 2.38. The summed E-state index contributed by atoms with van der Waals surface area (Å²) in [6.07, 6.45) is -1.22. The third-order valence-electron chi connectivity index (χ3n) is 6.06. The number of nitrogens with one attached hydrogen (secondary N) is 1. The Morgan fingerprint density at radius 1 is 0.971 bits per heavy atom. The molecule has 0 radical (unpaired) electrons. The second kappa shape index (κ2) is 9.25. The molecule has 1 aliphatic carbocycles. The molecule has 0 atom stereocenters. The lowest BCUT2D eigenvalue weighted by Crippen LogP contribution is -2.37. The number of benzene rings is 3. The number of anilines is 1. The van der Waals surface area contributed by atoms with Crippen LogP contribution < -0.4 is 10.8 Å². The molecule has 1 N–H and O–H groups in total. The lowest BCUT2D eigenvalue weighted by molar-refractivity contribution is -0.139. The molecule has 0 aliphatic heterocycles. The van der Waals surface area contributed by atoms with Crippen LogP contribution in [0, 0.1) is 6.92 Å². The van der Waals surface area contributed by atoms with Crippen LogP contribution >= 0.6 is 0 Å². The van der Waals surface area contributed by atoms with Crippen molar-refractivity contribution in [2.45, 2.75) is 19.3 Å². The molecule has 0 spiro atoms. The standard InChI is InChI=1S/C25H22BF3NO4/c1-15-16(12-24(31)33-2)11-17(13-23(15)26(27,28)29)30-25(32)34-14-22-20-9-5-3-7-18(20)19-8-4-6-10-21(19)22/h3-11,13,22H,12,14H2,1-2H3,(H,30,32)/q-1. The lowest BCUT2D eigenvalue weighted by Gasteiger charge is -2.22. The van der Waals surface area contributed by atoms with Gasteiger partial charge in [0.15, 0.2) is 0 Å². The Labute approximate surface area is 194 Å². The van der Waals surface area contributed by atoms with Crippen molar-refractivity contribution in [3.63, 3.8) is 0 Å². The highest BCUT2D eigenvalue weighted by Gasteiger charge is 2.31. The number of hydrogen-bond donors (Lipinski definition) is 1. The number of esters is 1. The Morgan fingerprint density at radius 3 is 2.12 bits per heavy atom. The first kappa shape index (κ1) is 23.4. The summed E-state index contributed by atoms with van der Waals surface area (Å²) in [7, 11) is 1.16. The molecular weight excluding hydrogens is 446 g/mol. The molecule has 176 valence electrons. The number of amides is 1. The van der Waals surface area contributed by atoms with Gasteiger partial charge in [0.1, 0.15) is 6.61 Å². The molecule has 1 aliphatic rings. The smallest absolute Gasteiger partial charge is 0.469 e. The molecule has 34 heavy (non-hydrogen) atoms. The van der Waals surface area contributed by atoms with Crippen molar-refractivity contribution in [3.05, 3.63) is 82.9 Å². The molecule has 5 nitrogen and oxygen atoms in total. The quantitative estimate of drug-likeness (QED) is 0.403. The summed E-state index contributed by atoms with van der Waals surface area (Å²) in [5.74, 6) is -0.859. The van der Waals surface area contributed by atoms with Crippen LogP contribution in [0.3, 0.4) is 0 Å². The maximum Gasteiger partial charge on any atom is 0.509 e. The van der Waals surface area contributed by atoms with Gasteiger partial charge >= 0.3 is 19.0 Å². The Balaban J connectivity index is 1.53. The molecule has 0 heterocycles. The van der Waals surface area contributed by atoms with Gasteiger partial charge in [-0.05, 0) is 40.8 Å². The number of methoxy groups -OCH3 is 1. The second-order valence-corrected chi connectivity index (χ2v) is 8.13. The second-order valence-electron chi connectivity index (χ2n) is 8.13. The minimum Gasteiger partial charge on any atom is -0.469 e. The van der Waals surface area contributed by atoms with E-state index in [4.69, 9.17) is 4.74 Å². The van der Waals surface area contributed by atoms with E-state index in [9.17, 15) is 22.5 Å². The highest BCUT2D eigenvalue weighted by Crippen LogP contribution is 2.44. The minimum absolute atomic E-state index is 0.0246. The molecule has 3 aromatic carbocycles. The van der Waals surface area contributed by atoms with Crippen molar-refractivity contribution in [2.24, 2.45) is 0 Å². The number of rotatable bonds is 6. The molecule has 0 unspecified atom stereocenters. The van der Waals surface area contributed by atoms with Gasteiger partial charge in [-0.1, -0.05) is 60.2 Å². The summed E-state index contributed by atoms with van der Waals surface area (Å²) >= 11 is 0. The average molecular weight is 468 g/mol. The van der Waals surface area contributed by atoms with E-state index in [1.54, 1.807) is 0 Å². The molecule has 0 saturated heterocycles. The third kappa shape index (κ3) is 4.64. The van der Waals surface area contributed by atoms with Gasteiger partial charge in [-0.25, -0.2) is 4.79 Å². The predicted molar refractivity (Wildman–Crippen MR) is 124 cm³/mol. The van der Waals surface area contributed by atoms with Crippen LogP contribution in [-0.4, -0.2) is 32.8 Å². The van der Waals surface area contributed by atoms with Crippen molar-refractivity contribution >= 4 is 30.2 Å².